The predicted octanol–water partition coefficient (Wildman–Crippen LogP) is 4.33. The number of thiophene rings is 1. The lowest BCUT2D eigenvalue weighted by atomic mass is 10.0. The van der Waals surface area contributed by atoms with E-state index < -0.39 is 6.04 Å². The Bertz CT molecular complexity index is 948. The van der Waals surface area contributed by atoms with E-state index in [2.05, 4.69) is 10.3 Å². The zero-order valence-electron chi connectivity index (χ0n) is 14.8. The average molecular weight is 426 g/mol. The van der Waals surface area contributed by atoms with Crippen LogP contribution in [0.2, 0.25) is 8.67 Å². The summed E-state index contributed by atoms with van der Waals surface area (Å²) in [5, 5.41) is 2.98. The van der Waals surface area contributed by atoms with Gasteiger partial charge in [0, 0.05) is 25.5 Å². The minimum Gasteiger partial charge on any atom is -0.497 e. The molecule has 9 heteroatoms. The van der Waals surface area contributed by atoms with Crippen molar-refractivity contribution in [2.75, 3.05) is 14.2 Å². The Hall–Kier alpha value is -2.22. The Balaban J connectivity index is 2.04. The predicted molar refractivity (Wildman–Crippen MR) is 106 cm³/mol. The average Bonchev–Trinajstić information content (AvgIpc) is 3.23. The number of carbonyl (C=O) groups excluding carboxylic acids is 1. The summed E-state index contributed by atoms with van der Waals surface area (Å²) in [6.45, 7) is 0. The lowest BCUT2D eigenvalue weighted by molar-refractivity contribution is 0.0941. The third kappa shape index (κ3) is 4.21. The van der Waals surface area contributed by atoms with Gasteiger partial charge in [-0.3, -0.25) is 4.79 Å². The van der Waals surface area contributed by atoms with Crippen molar-refractivity contribution in [2.45, 2.75) is 6.04 Å². The number of aryl methyl sites for hydroxylation is 1. The highest BCUT2D eigenvalue weighted by Gasteiger charge is 2.24. The molecule has 142 valence electrons. The van der Waals surface area contributed by atoms with Gasteiger partial charge in [0.15, 0.2) is 0 Å². The molecular formula is C18H17Cl2N3O3S. The van der Waals surface area contributed by atoms with Crippen LogP contribution < -0.4 is 14.8 Å². The zero-order valence-corrected chi connectivity index (χ0v) is 17.2. The fourth-order valence-electron chi connectivity index (χ4n) is 2.65. The van der Waals surface area contributed by atoms with Gasteiger partial charge in [-0.2, -0.15) is 0 Å². The molecule has 3 aromatic rings. The maximum Gasteiger partial charge on any atom is 0.254 e. The molecule has 6 nitrogen and oxygen atoms in total. The summed E-state index contributed by atoms with van der Waals surface area (Å²) in [6, 6.07) is 6.41. The second-order valence-corrected chi connectivity index (χ2v) is 7.97. The molecule has 0 aliphatic carbocycles. The molecule has 27 heavy (non-hydrogen) atoms. The highest BCUT2D eigenvalue weighted by molar-refractivity contribution is 7.20. The van der Waals surface area contributed by atoms with E-state index in [1.165, 1.54) is 0 Å². The molecular weight excluding hydrogens is 409 g/mol. The first-order chi connectivity index (χ1) is 12.9. The standard InChI is InChI=1S/C18H17Cl2N3O3S/c1-23-5-4-21-17(23)15(10-6-11(25-2)8-12(7-10)26-3)22-18(24)13-9-14(19)27-16(13)20/h4-9,15H,1-3H3,(H,22,24)/t15-/m1/s1. The summed E-state index contributed by atoms with van der Waals surface area (Å²) in [7, 11) is 4.99. The SMILES string of the molecule is COc1cc(OC)cc([C@@H](NC(=O)c2cc(Cl)sc2Cl)c2nccn2C)c1. The largest absolute Gasteiger partial charge is 0.497 e. The number of aromatic nitrogens is 2. The fraction of sp³-hybridized carbons (Fsp3) is 0.222. The minimum absolute atomic E-state index is 0.320. The van der Waals surface area contributed by atoms with Crippen LogP contribution in [0.4, 0.5) is 0 Å². The molecule has 2 aromatic heterocycles. The normalized spacial score (nSPS) is 11.9. The van der Waals surface area contributed by atoms with E-state index in [1.54, 1.807) is 38.7 Å². The summed E-state index contributed by atoms with van der Waals surface area (Å²) in [6.07, 6.45) is 3.47. The first kappa shape index (κ1) is 19.5. The van der Waals surface area contributed by atoms with E-state index in [-0.39, 0.29) is 5.91 Å². The number of nitrogens with zero attached hydrogens (tertiary/aromatic N) is 2. The van der Waals surface area contributed by atoms with Crippen molar-refractivity contribution in [3.05, 3.63) is 62.3 Å². The number of amides is 1. The molecule has 0 spiro atoms. The summed E-state index contributed by atoms with van der Waals surface area (Å²) >= 11 is 13.2. The van der Waals surface area contributed by atoms with Gasteiger partial charge >= 0.3 is 0 Å². The van der Waals surface area contributed by atoms with Crippen LogP contribution in [0.5, 0.6) is 11.5 Å². The first-order valence-corrected chi connectivity index (χ1v) is 9.46. The van der Waals surface area contributed by atoms with E-state index in [0.29, 0.717) is 31.6 Å². The number of methoxy groups -OCH3 is 2. The molecule has 0 radical (unpaired) electrons. The van der Waals surface area contributed by atoms with Gasteiger partial charge in [-0.05, 0) is 23.8 Å². The molecule has 0 aliphatic rings. The molecule has 0 saturated carbocycles. The lowest BCUT2D eigenvalue weighted by Gasteiger charge is -2.20. The number of ether oxygens (including phenoxy) is 2. The van der Waals surface area contributed by atoms with Crippen LogP contribution in [-0.4, -0.2) is 29.7 Å². The van der Waals surface area contributed by atoms with Crippen molar-refractivity contribution >= 4 is 40.4 Å². The third-order valence-corrected chi connectivity index (χ3v) is 5.49. The van der Waals surface area contributed by atoms with E-state index in [0.717, 1.165) is 16.9 Å². The molecule has 3 rings (SSSR count). The number of halogens is 2. The van der Waals surface area contributed by atoms with Gasteiger partial charge in [-0.25, -0.2) is 4.98 Å². The van der Waals surface area contributed by atoms with Crippen molar-refractivity contribution < 1.29 is 14.3 Å². The van der Waals surface area contributed by atoms with E-state index in [1.807, 2.05) is 23.7 Å². The number of hydrogen-bond donors (Lipinski definition) is 1. The number of hydrogen-bond acceptors (Lipinski definition) is 5. The van der Waals surface area contributed by atoms with Crippen LogP contribution >= 0.6 is 34.5 Å². The summed E-state index contributed by atoms with van der Waals surface area (Å²) in [4.78, 5) is 17.2. The molecule has 1 atom stereocenters. The summed E-state index contributed by atoms with van der Waals surface area (Å²) in [5.74, 6) is 1.51. The van der Waals surface area contributed by atoms with Gasteiger partial charge in [-0.1, -0.05) is 23.2 Å². The lowest BCUT2D eigenvalue weighted by Crippen LogP contribution is -2.31. The molecule has 1 amide bonds. The monoisotopic (exact) mass is 425 g/mol. The first-order valence-electron chi connectivity index (χ1n) is 7.88. The van der Waals surface area contributed by atoms with Crippen LogP contribution in [-0.2, 0) is 7.05 Å². The molecule has 1 N–H and O–H groups in total. The number of imidazole rings is 1. The van der Waals surface area contributed by atoms with Gasteiger partial charge in [0.2, 0.25) is 0 Å². The maximum atomic E-state index is 12.8. The quantitative estimate of drug-likeness (QED) is 0.638. The third-order valence-electron chi connectivity index (χ3n) is 4.00. The Morgan fingerprint density at radius 1 is 1.19 bits per heavy atom. The van der Waals surface area contributed by atoms with Crippen LogP contribution in [0.1, 0.15) is 27.8 Å². The van der Waals surface area contributed by atoms with Crippen LogP contribution in [0.15, 0.2) is 36.7 Å². The molecule has 0 unspecified atom stereocenters. The molecule has 0 saturated heterocycles. The van der Waals surface area contributed by atoms with E-state index >= 15 is 0 Å². The highest BCUT2D eigenvalue weighted by Crippen LogP contribution is 2.33. The molecule has 0 aliphatic heterocycles. The van der Waals surface area contributed by atoms with Crippen molar-refractivity contribution in [3.8, 4) is 11.5 Å². The van der Waals surface area contributed by atoms with Gasteiger partial charge < -0.3 is 19.4 Å². The van der Waals surface area contributed by atoms with Crippen LogP contribution in [0.25, 0.3) is 0 Å². The van der Waals surface area contributed by atoms with E-state index in [4.69, 9.17) is 32.7 Å². The Morgan fingerprint density at radius 2 is 1.85 bits per heavy atom. The molecule has 0 fully saturated rings. The van der Waals surface area contributed by atoms with Gasteiger partial charge in [0.25, 0.3) is 5.91 Å². The van der Waals surface area contributed by atoms with E-state index in [9.17, 15) is 4.79 Å². The van der Waals surface area contributed by atoms with Gasteiger partial charge in [0.1, 0.15) is 27.7 Å². The summed E-state index contributed by atoms with van der Waals surface area (Å²) in [5.41, 5.74) is 1.08. The summed E-state index contributed by atoms with van der Waals surface area (Å²) < 4.78 is 13.3. The number of carbonyl (C=O) groups is 1. The maximum absolute atomic E-state index is 12.8. The minimum atomic E-state index is -0.545. The van der Waals surface area contributed by atoms with Crippen LogP contribution in [0.3, 0.4) is 0 Å². The van der Waals surface area contributed by atoms with Crippen molar-refractivity contribution in [1.29, 1.82) is 0 Å². The highest BCUT2D eigenvalue weighted by atomic mass is 35.5. The number of rotatable bonds is 6. The van der Waals surface area contributed by atoms with Gasteiger partial charge in [-0.15, -0.1) is 11.3 Å². The van der Waals surface area contributed by atoms with Crippen molar-refractivity contribution in [2.24, 2.45) is 7.05 Å². The van der Waals surface area contributed by atoms with Crippen LogP contribution in [0, 0.1) is 0 Å². The fourth-order valence-corrected chi connectivity index (χ4v) is 4.11. The second kappa shape index (κ2) is 8.21. The van der Waals surface area contributed by atoms with Gasteiger partial charge in [0.05, 0.1) is 24.1 Å². The zero-order chi connectivity index (χ0) is 19.6. The second-order valence-electron chi connectivity index (χ2n) is 5.69. The smallest absolute Gasteiger partial charge is 0.254 e. The molecule has 1 aromatic carbocycles. The molecule has 0 bridgehead atoms. The topological polar surface area (TPSA) is 65.4 Å². The van der Waals surface area contributed by atoms with Crippen molar-refractivity contribution in [3.63, 3.8) is 0 Å². The Labute approximate surface area is 170 Å². The Kier molecular flexibility index (Phi) is 5.94. The molecule has 2 heterocycles. The number of benzene rings is 1. The Morgan fingerprint density at radius 3 is 2.33 bits per heavy atom. The van der Waals surface area contributed by atoms with Crippen molar-refractivity contribution in [1.82, 2.24) is 14.9 Å². The number of nitrogens with one attached hydrogen (secondary N) is 1.